The first kappa shape index (κ1) is 23.2. The Bertz CT molecular complexity index is 847. The van der Waals surface area contributed by atoms with Crippen LogP contribution in [0, 0.1) is 0 Å². The van der Waals surface area contributed by atoms with E-state index in [0.717, 1.165) is 19.3 Å². The van der Waals surface area contributed by atoms with Gasteiger partial charge in [0, 0.05) is 5.56 Å². The maximum absolute atomic E-state index is 11.9. The minimum Gasteiger partial charge on any atom is -0.506 e. The van der Waals surface area contributed by atoms with E-state index in [-0.39, 0.29) is 0 Å². The molecule has 0 saturated heterocycles. The van der Waals surface area contributed by atoms with Gasteiger partial charge in [0.05, 0.1) is 0 Å². The fourth-order valence-electron chi connectivity index (χ4n) is 3.45. The Balaban J connectivity index is 2.04. The van der Waals surface area contributed by atoms with Crippen molar-refractivity contribution in [1.82, 2.24) is 0 Å². The highest BCUT2D eigenvalue weighted by atomic mass is 32.2. The second kappa shape index (κ2) is 11.8. The summed E-state index contributed by atoms with van der Waals surface area (Å²) in [7, 11) is -4.57. The second-order valence-corrected chi connectivity index (χ2v) is 8.72. The zero-order valence-electron chi connectivity index (χ0n) is 17.1. The van der Waals surface area contributed by atoms with Gasteiger partial charge in [0.1, 0.15) is 22.1 Å². The molecule has 0 bridgehead atoms. The Morgan fingerprint density at radius 1 is 0.828 bits per heavy atom. The molecule has 160 valence electrons. The number of rotatable bonds is 13. The normalized spacial score (nSPS) is 11.5. The topological polar surface area (TPSA) is 83.8 Å². The molecule has 0 aliphatic heterocycles. The Morgan fingerprint density at radius 2 is 1.41 bits per heavy atom. The van der Waals surface area contributed by atoms with Crippen LogP contribution in [0.4, 0.5) is 0 Å². The summed E-state index contributed by atoms with van der Waals surface area (Å²) < 4.78 is 39.2. The summed E-state index contributed by atoms with van der Waals surface area (Å²) in [5.41, 5.74) is 0.319. The smallest absolute Gasteiger partial charge is 0.298 e. The SMILES string of the molecule is CCCCCCCCCCCc1c(Oc2ccccc2)ccc(O)c1S(=O)(=O)O. The third-order valence-corrected chi connectivity index (χ3v) is 5.93. The Labute approximate surface area is 174 Å². The van der Waals surface area contributed by atoms with E-state index in [4.69, 9.17) is 4.74 Å². The van der Waals surface area contributed by atoms with Gasteiger partial charge in [-0.15, -0.1) is 0 Å². The van der Waals surface area contributed by atoms with E-state index in [0.29, 0.717) is 23.5 Å². The number of ether oxygens (including phenoxy) is 1. The monoisotopic (exact) mass is 420 g/mol. The zero-order valence-corrected chi connectivity index (χ0v) is 18.0. The van der Waals surface area contributed by atoms with Gasteiger partial charge in [-0.05, 0) is 37.1 Å². The highest BCUT2D eigenvalue weighted by Crippen LogP contribution is 2.37. The molecule has 2 rings (SSSR count). The lowest BCUT2D eigenvalue weighted by atomic mass is 10.0. The molecule has 0 atom stereocenters. The van der Waals surface area contributed by atoms with Crippen molar-refractivity contribution in [2.24, 2.45) is 0 Å². The molecule has 2 aromatic rings. The van der Waals surface area contributed by atoms with Crippen molar-refractivity contribution >= 4 is 10.1 Å². The number of aromatic hydroxyl groups is 1. The van der Waals surface area contributed by atoms with E-state index in [1.807, 2.05) is 18.2 Å². The van der Waals surface area contributed by atoms with Gasteiger partial charge in [0.15, 0.2) is 0 Å². The number of phenols is 1. The summed E-state index contributed by atoms with van der Waals surface area (Å²) >= 11 is 0. The fourth-order valence-corrected chi connectivity index (χ4v) is 4.29. The van der Waals surface area contributed by atoms with Crippen molar-refractivity contribution in [2.45, 2.75) is 76.0 Å². The second-order valence-electron chi connectivity index (χ2n) is 7.36. The van der Waals surface area contributed by atoms with Crippen molar-refractivity contribution < 1.29 is 22.8 Å². The molecule has 0 heterocycles. The number of hydrogen-bond donors (Lipinski definition) is 2. The molecule has 0 radical (unpaired) electrons. The van der Waals surface area contributed by atoms with Crippen LogP contribution in [-0.2, 0) is 16.5 Å². The number of unbranched alkanes of at least 4 members (excludes halogenated alkanes) is 8. The zero-order chi connectivity index (χ0) is 21.1. The van der Waals surface area contributed by atoms with Gasteiger partial charge in [-0.2, -0.15) is 8.42 Å². The van der Waals surface area contributed by atoms with E-state index >= 15 is 0 Å². The molecule has 0 saturated carbocycles. The maximum Gasteiger partial charge on any atom is 0.298 e. The lowest BCUT2D eigenvalue weighted by Crippen LogP contribution is -2.06. The third kappa shape index (κ3) is 7.71. The van der Waals surface area contributed by atoms with E-state index in [2.05, 4.69) is 6.92 Å². The number of hydrogen-bond acceptors (Lipinski definition) is 4. The van der Waals surface area contributed by atoms with Crippen LogP contribution < -0.4 is 4.74 Å². The minimum atomic E-state index is -4.57. The van der Waals surface area contributed by atoms with Gasteiger partial charge in [-0.1, -0.05) is 76.5 Å². The first-order valence-electron chi connectivity index (χ1n) is 10.5. The molecule has 6 heteroatoms. The summed E-state index contributed by atoms with van der Waals surface area (Å²) in [4.78, 5) is -0.453. The standard InChI is InChI=1S/C23H32O5S/c1-2-3-4-5-6-7-8-9-13-16-20-22(28-19-14-11-10-12-15-19)18-17-21(24)23(20)29(25,26)27/h10-12,14-15,17-18,24H,2-9,13,16H2,1H3,(H,25,26,27). The van der Waals surface area contributed by atoms with Crippen LogP contribution in [0.5, 0.6) is 17.2 Å². The van der Waals surface area contributed by atoms with Crippen molar-refractivity contribution in [3.8, 4) is 17.2 Å². The van der Waals surface area contributed by atoms with Gasteiger partial charge < -0.3 is 9.84 Å². The molecular weight excluding hydrogens is 388 g/mol. The average molecular weight is 421 g/mol. The third-order valence-electron chi connectivity index (χ3n) is 4.96. The Hall–Kier alpha value is -2.05. The molecule has 0 aliphatic rings. The van der Waals surface area contributed by atoms with Gasteiger partial charge in [0.2, 0.25) is 0 Å². The predicted molar refractivity (Wildman–Crippen MR) is 115 cm³/mol. The first-order chi connectivity index (χ1) is 13.9. The van der Waals surface area contributed by atoms with Crippen LogP contribution in [0.1, 0.15) is 70.3 Å². The molecule has 0 amide bonds. The number of benzene rings is 2. The molecule has 29 heavy (non-hydrogen) atoms. The minimum absolute atomic E-state index is 0.319. The Morgan fingerprint density at radius 3 is 2.00 bits per heavy atom. The number of phenolic OH excluding ortho intramolecular Hbond substituents is 1. The van der Waals surface area contributed by atoms with Gasteiger partial charge in [0.25, 0.3) is 10.1 Å². The molecule has 0 aromatic heterocycles. The number of para-hydroxylation sites is 1. The van der Waals surface area contributed by atoms with E-state index < -0.39 is 20.8 Å². The van der Waals surface area contributed by atoms with Crippen molar-refractivity contribution in [3.05, 3.63) is 48.0 Å². The van der Waals surface area contributed by atoms with E-state index in [1.54, 1.807) is 18.2 Å². The van der Waals surface area contributed by atoms with Crippen LogP contribution in [-0.4, -0.2) is 18.1 Å². The molecule has 0 spiro atoms. The molecule has 5 nitrogen and oxygen atoms in total. The lowest BCUT2D eigenvalue weighted by molar-refractivity contribution is 0.428. The highest BCUT2D eigenvalue weighted by molar-refractivity contribution is 7.86. The van der Waals surface area contributed by atoms with Gasteiger partial charge >= 0.3 is 0 Å². The molecule has 0 unspecified atom stereocenters. The molecule has 2 aromatic carbocycles. The van der Waals surface area contributed by atoms with Crippen LogP contribution in [0.2, 0.25) is 0 Å². The fraction of sp³-hybridized carbons (Fsp3) is 0.478. The van der Waals surface area contributed by atoms with Crippen molar-refractivity contribution in [2.75, 3.05) is 0 Å². The van der Waals surface area contributed by atoms with Crippen LogP contribution in [0.3, 0.4) is 0 Å². The van der Waals surface area contributed by atoms with E-state index in [1.165, 1.54) is 44.6 Å². The van der Waals surface area contributed by atoms with Crippen LogP contribution >= 0.6 is 0 Å². The predicted octanol–water partition coefficient (Wildman–Crippen LogP) is 6.50. The van der Waals surface area contributed by atoms with Crippen LogP contribution in [0.15, 0.2) is 47.4 Å². The lowest BCUT2D eigenvalue weighted by Gasteiger charge is -2.15. The van der Waals surface area contributed by atoms with Gasteiger partial charge in [-0.25, -0.2) is 0 Å². The first-order valence-corrected chi connectivity index (χ1v) is 11.9. The largest absolute Gasteiger partial charge is 0.506 e. The van der Waals surface area contributed by atoms with E-state index in [9.17, 15) is 18.1 Å². The summed E-state index contributed by atoms with van der Waals surface area (Å²) in [6.45, 7) is 2.21. The van der Waals surface area contributed by atoms with Crippen molar-refractivity contribution in [1.29, 1.82) is 0 Å². The molecule has 0 aliphatic carbocycles. The maximum atomic E-state index is 11.9. The van der Waals surface area contributed by atoms with Gasteiger partial charge in [-0.3, -0.25) is 4.55 Å². The summed E-state index contributed by atoms with van der Waals surface area (Å²) in [6, 6.07) is 11.8. The van der Waals surface area contributed by atoms with Crippen molar-refractivity contribution in [3.63, 3.8) is 0 Å². The molecule has 0 fully saturated rings. The summed E-state index contributed by atoms with van der Waals surface area (Å²) in [5.74, 6) is 0.438. The highest BCUT2D eigenvalue weighted by Gasteiger charge is 2.24. The quantitative estimate of drug-likeness (QED) is 0.285. The van der Waals surface area contributed by atoms with Crippen LogP contribution in [0.25, 0.3) is 0 Å². The molecular formula is C23H32O5S. The Kier molecular flexibility index (Phi) is 9.48. The average Bonchev–Trinajstić information content (AvgIpc) is 2.68. The molecule has 2 N–H and O–H groups in total. The summed E-state index contributed by atoms with van der Waals surface area (Å²) in [6.07, 6.45) is 10.7. The summed E-state index contributed by atoms with van der Waals surface area (Å²) in [5, 5.41) is 10.1.